The number of hydrogen-bond acceptors (Lipinski definition) is 54. The molecule has 33 N–H and O–H groups in total. The van der Waals surface area contributed by atoms with Gasteiger partial charge >= 0.3 is 0 Å². The Balaban J connectivity index is 0.954. The molecule has 11 fully saturated rings. The van der Waals surface area contributed by atoms with Crippen LogP contribution in [0.1, 0.15) is 48.5 Å². The van der Waals surface area contributed by atoms with Gasteiger partial charge in [-0.2, -0.15) is 0 Å². The van der Waals surface area contributed by atoms with Crippen molar-refractivity contribution < 1.29 is 267 Å². The number of carbonyl (C=O) groups is 4. The lowest BCUT2D eigenvalue weighted by Crippen LogP contribution is -2.71. The lowest BCUT2D eigenvalue weighted by Gasteiger charge is -2.51. The van der Waals surface area contributed by atoms with E-state index in [1.807, 2.05) is 0 Å². The lowest BCUT2D eigenvalue weighted by atomic mass is 9.87. The van der Waals surface area contributed by atoms with Gasteiger partial charge in [0.05, 0.1) is 90.9 Å². The van der Waals surface area contributed by atoms with Gasteiger partial charge in [-0.15, -0.1) is 0 Å². The molecule has 0 radical (unpaired) electrons. The van der Waals surface area contributed by atoms with E-state index in [1.165, 1.54) is 6.92 Å². The number of ether oxygens (including phenoxy) is 21. The van der Waals surface area contributed by atoms with Crippen LogP contribution in [0.15, 0.2) is 0 Å². The predicted molar refractivity (Wildman–Crippen MR) is 424 cm³/mol. The maximum Gasteiger partial charge on any atom is 0.217 e. The molecule has 58 nitrogen and oxygen atoms in total. The Kier molecular flexibility index (Phi) is 40.6. The van der Waals surface area contributed by atoms with Gasteiger partial charge in [-0.3, -0.25) is 19.2 Å². The van der Waals surface area contributed by atoms with Crippen LogP contribution in [0.2, 0.25) is 0 Å². The van der Waals surface area contributed by atoms with E-state index in [4.69, 9.17) is 99.5 Å². The first kappa shape index (κ1) is 112. The third kappa shape index (κ3) is 24.6. The van der Waals surface area contributed by atoms with Gasteiger partial charge in [0.1, 0.15) is 250 Å². The number of rotatable bonds is 36. The fourth-order valence-corrected chi connectivity index (χ4v) is 18.1. The summed E-state index contributed by atoms with van der Waals surface area (Å²) < 4.78 is 127. The van der Waals surface area contributed by atoms with Crippen molar-refractivity contribution >= 4 is 23.6 Å². The van der Waals surface area contributed by atoms with E-state index >= 15 is 0 Å². The van der Waals surface area contributed by atoms with E-state index in [9.17, 15) is 167 Å². The zero-order chi connectivity index (χ0) is 100. The third-order valence-electron chi connectivity index (χ3n) is 25.6. The summed E-state index contributed by atoms with van der Waals surface area (Å²) >= 11 is 0. The monoisotopic (exact) mass is 1990 g/mol. The van der Waals surface area contributed by atoms with Crippen LogP contribution in [0.25, 0.3) is 0 Å². The molecule has 788 valence electrons. The zero-order valence-electron chi connectivity index (χ0n) is 74.3. The summed E-state index contributed by atoms with van der Waals surface area (Å²) in [4.78, 5) is 52.1. The zero-order valence-corrected chi connectivity index (χ0v) is 74.3. The van der Waals surface area contributed by atoms with Gasteiger partial charge in [0.2, 0.25) is 23.6 Å². The van der Waals surface area contributed by atoms with Crippen LogP contribution >= 0.6 is 0 Å². The fraction of sp³-hybridized carbons (Fsp3) is 0.949. The molecular weight excluding hydrogens is 1860 g/mol. The maximum absolute atomic E-state index is 13.3. The molecule has 55 atom stereocenters. The summed E-state index contributed by atoms with van der Waals surface area (Å²) in [6.07, 6.45) is -102. The smallest absolute Gasteiger partial charge is 0.217 e. The molecule has 11 saturated heterocycles. The van der Waals surface area contributed by atoms with Gasteiger partial charge in [-0.1, -0.05) is 20.8 Å². The van der Waals surface area contributed by atoms with Gasteiger partial charge in [0, 0.05) is 33.6 Å². The first-order chi connectivity index (χ1) is 64.3. The first-order valence-corrected chi connectivity index (χ1v) is 44.2. The molecule has 0 spiro atoms. The summed E-state index contributed by atoms with van der Waals surface area (Å²) in [6, 6.07) is -7.07. The minimum absolute atomic E-state index is 0.442. The van der Waals surface area contributed by atoms with E-state index in [1.54, 1.807) is 13.8 Å². The van der Waals surface area contributed by atoms with Crippen LogP contribution in [0.4, 0.5) is 0 Å². The highest BCUT2D eigenvalue weighted by atomic mass is 16.8. The summed E-state index contributed by atoms with van der Waals surface area (Å²) in [5.74, 6) is -5.41. The molecule has 0 saturated carbocycles. The lowest BCUT2D eigenvalue weighted by molar-refractivity contribution is -0.401. The minimum Gasteiger partial charge on any atom is -0.394 e. The first-order valence-electron chi connectivity index (χ1n) is 44.2. The standard InChI is InChI=1S/C78H132N4O54/c1-19(2)60-36(79-21(4)92)47(103)62(29(12-87)118-60)129-71-38(81-23(6)94)49(105)65(33(16-91)125-71)133-76-59(115)66(134-78-68(54(110)44(100)28(11-86)122-78)135-69-20(3)40(96)61(30(13-88)123-69)130-73-56(112)51(107)41(97)25(8-83)119-73)46(102)35(127-76)18-117-77-67(136-72-39(82-24(7)95)50(106)64(32(15-90)126-72)132-75-58(114)53(109)43(99)27(10-85)121-75)55(111)45(101)34(128-77)17-116-70-37(80-22(5)93)48(104)63(31(14-89)124-70)131-74-57(113)52(108)42(98)26(9-84)120-74/h19-20,25-78,83-91,96-115H,8-18H2,1-7H3,(H,79,92)(H,80,93)(H,81,94)(H,82,95)/t20?,25?,26?,27?,28?,29?,30?,31?,32?,33?,34?,35?,36?,37?,38?,39?,40-,41+,42+,43+,44-,45-,46-,47-,48-,49-,50-,51+,52+,53+,54+,55+,56?,57?,58?,59?,60+,61-,62-,63-,64+,65-,66+,67?,68?,69+,70-,71+,72+,73+,74+,75+,76+,77+,78-/m1/s1. The Morgan fingerprint density at radius 1 is 0.228 bits per heavy atom. The maximum atomic E-state index is 13.3. The van der Waals surface area contributed by atoms with Gasteiger partial charge in [0.25, 0.3) is 0 Å². The van der Waals surface area contributed by atoms with Crippen LogP contribution in [0, 0.1) is 11.8 Å². The Morgan fingerprint density at radius 2 is 0.471 bits per heavy atom. The molecule has 0 bridgehead atoms. The number of nitrogens with one attached hydrogen (secondary N) is 4. The highest BCUT2D eigenvalue weighted by Gasteiger charge is 2.63. The fourth-order valence-electron chi connectivity index (χ4n) is 18.1. The molecule has 22 unspecified atom stereocenters. The molecule has 11 rings (SSSR count). The van der Waals surface area contributed by atoms with Gasteiger partial charge in [-0.25, -0.2) is 0 Å². The molecular formula is C78H132N4O54. The minimum atomic E-state index is -2.62. The molecule has 58 heteroatoms. The van der Waals surface area contributed by atoms with Crippen LogP contribution in [-0.4, -0.2) is 576 Å². The second-order valence-corrected chi connectivity index (χ2v) is 35.5. The normalized spacial score (nSPS) is 49.3. The average Bonchev–Trinajstić information content (AvgIpc) is 0.763. The molecule has 136 heavy (non-hydrogen) atoms. The van der Waals surface area contributed by atoms with Crippen LogP contribution < -0.4 is 21.3 Å². The molecule has 0 aromatic rings. The highest BCUT2D eigenvalue weighted by molar-refractivity contribution is 5.74. The van der Waals surface area contributed by atoms with Crippen molar-refractivity contribution in [3.8, 4) is 0 Å². The Morgan fingerprint density at radius 3 is 0.846 bits per heavy atom. The topological polar surface area (TPSA) is 897 Å². The summed E-state index contributed by atoms with van der Waals surface area (Å²) in [7, 11) is 0. The Labute approximate surface area is 773 Å². The quantitative estimate of drug-likeness (QED) is 0.0277. The van der Waals surface area contributed by atoms with Crippen LogP contribution in [0.5, 0.6) is 0 Å². The van der Waals surface area contributed by atoms with Crippen molar-refractivity contribution in [2.75, 3.05) is 72.7 Å². The van der Waals surface area contributed by atoms with Gasteiger partial charge < -0.3 is 269 Å². The Hall–Kier alpha value is -4.12. The molecule has 11 aliphatic heterocycles. The van der Waals surface area contributed by atoms with Crippen molar-refractivity contribution in [1.82, 2.24) is 21.3 Å². The van der Waals surface area contributed by atoms with E-state index in [0.29, 0.717) is 0 Å². The number of amides is 4. The number of aliphatic hydroxyl groups is 29. The van der Waals surface area contributed by atoms with Crippen molar-refractivity contribution in [3.05, 3.63) is 0 Å². The number of hydrogen-bond donors (Lipinski definition) is 33. The third-order valence-corrected chi connectivity index (χ3v) is 25.6. The van der Waals surface area contributed by atoms with Crippen molar-refractivity contribution in [2.24, 2.45) is 11.8 Å². The molecule has 0 aromatic carbocycles. The molecule has 11 heterocycles. The number of carbonyl (C=O) groups excluding carboxylic acids is 4. The van der Waals surface area contributed by atoms with E-state index in [2.05, 4.69) is 21.3 Å². The van der Waals surface area contributed by atoms with E-state index in [-0.39, 0.29) is 0 Å². The summed E-state index contributed by atoms with van der Waals surface area (Å²) in [6.45, 7) is -3.42. The predicted octanol–water partition coefficient (Wildman–Crippen LogP) is -21.4. The molecule has 0 aliphatic carbocycles. The van der Waals surface area contributed by atoms with Crippen LogP contribution in [0.3, 0.4) is 0 Å². The second kappa shape index (κ2) is 49.2. The van der Waals surface area contributed by atoms with Crippen molar-refractivity contribution in [1.29, 1.82) is 0 Å². The SMILES string of the molecule is CC(=O)NC1[C@H](OCC2O[C@H](OCC3O[C@@H](O[C@@H]4C(CO)O[C@@H](O[C@@H]5C(CO)O[C@@H](C(C)C)C(NC(C)=O)[C@H]5O)C(NC(C)=O)[C@H]4O)C(O)[C@@H](O[C@H]4OC(CO)[C@@H](O)[C@H](O)C4O[C@@H]4OC(CO)[C@@H](O[C@@H]5OC(CO)[C@H](O)[C@H](O)C5O)[C@H](O)C4C)[C@@H]3O)C(O[C@@H]3OC(CO)[C@H](O[C@@H]4OC(CO)[C@H](O)[C@H](O)C4O)[C@H](O)C3NC(C)=O)[C@@H](O)[C@@H]2O)OC(CO)[C@@H](O[C@@H]2OC(CO)[C@H](O)[C@H](O)C2O)[C@@H]1O. The van der Waals surface area contributed by atoms with E-state index < -0.39 is 439 Å². The highest BCUT2D eigenvalue weighted by Crippen LogP contribution is 2.43. The van der Waals surface area contributed by atoms with Gasteiger partial charge in [0.15, 0.2) is 62.9 Å². The van der Waals surface area contributed by atoms with Gasteiger partial charge in [-0.05, 0) is 5.92 Å². The Bertz CT molecular complexity index is 3700. The van der Waals surface area contributed by atoms with E-state index in [0.717, 1.165) is 27.7 Å². The molecule has 4 amide bonds. The summed E-state index contributed by atoms with van der Waals surface area (Å²) in [5.41, 5.74) is 0. The molecule has 11 aliphatic rings. The molecule has 0 aromatic heterocycles. The largest absolute Gasteiger partial charge is 0.394 e. The van der Waals surface area contributed by atoms with Crippen molar-refractivity contribution in [3.63, 3.8) is 0 Å². The van der Waals surface area contributed by atoms with Crippen molar-refractivity contribution in [2.45, 2.75) is 380 Å². The average molecular weight is 1990 g/mol. The second-order valence-electron chi connectivity index (χ2n) is 35.5. The number of aliphatic hydroxyl groups excluding tert-OH is 29. The van der Waals surface area contributed by atoms with Crippen LogP contribution in [-0.2, 0) is 119 Å². The summed E-state index contributed by atoms with van der Waals surface area (Å²) in [5, 5.41) is 336.